The highest BCUT2D eigenvalue weighted by Crippen LogP contribution is 2.25. The van der Waals surface area contributed by atoms with Gasteiger partial charge in [-0.2, -0.15) is 0 Å². The van der Waals surface area contributed by atoms with E-state index < -0.39 is 11.7 Å². The van der Waals surface area contributed by atoms with Gasteiger partial charge < -0.3 is 16.2 Å². The molecular formula is C13H10ClFN2O2. The van der Waals surface area contributed by atoms with Crippen LogP contribution >= 0.6 is 11.6 Å². The van der Waals surface area contributed by atoms with Crippen molar-refractivity contribution >= 4 is 28.9 Å². The van der Waals surface area contributed by atoms with Gasteiger partial charge in [-0.3, -0.25) is 4.79 Å². The Morgan fingerprint density at radius 3 is 2.74 bits per heavy atom. The molecule has 0 unspecified atom stereocenters. The Morgan fingerprint density at radius 2 is 2.00 bits per heavy atom. The van der Waals surface area contributed by atoms with Crippen molar-refractivity contribution in [3.8, 4) is 5.75 Å². The molecule has 0 radical (unpaired) electrons. The molecule has 0 saturated carbocycles. The molecule has 2 aromatic rings. The third kappa shape index (κ3) is 2.95. The van der Waals surface area contributed by atoms with Crippen molar-refractivity contribution in [1.29, 1.82) is 0 Å². The Bertz CT molecular complexity index is 647. The minimum absolute atomic E-state index is 0.181. The maximum Gasteiger partial charge on any atom is 0.259 e. The van der Waals surface area contributed by atoms with Gasteiger partial charge >= 0.3 is 0 Å². The van der Waals surface area contributed by atoms with E-state index in [4.69, 9.17) is 17.3 Å². The predicted molar refractivity (Wildman–Crippen MR) is 71.9 cm³/mol. The number of amides is 1. The third-order valence-electron chi connectivity index (χ3n) is 2.47. The monoisotopic (exact) mass is 280 g/mol. The Labute approximate surface area is 113 Å². The first-order chi connectivity index (χ1) is 8.97. The molecule has 6 heteroatoms. The summed E-state index contributed by atoms with van der Waals surface area (Å²) in [4.78, 5) is 11.9. The zero-order valence-electron chi connectivity index (χ0n) is 9.65. The minimum Gasteiger partial charge on any atom is -0.507 e. The predicted octanol–water partition coefficient (Wildman–Crippen LogP) is 3.02. The fourth-order valence-corrected chi connectivity index (χ4v) is 1.69. The van der Waals surface area contributed by atoms with Crippen LogP contribution in [0.3, 0.4) is 0 Å². The number of nitrogens with one attached hydrogen (secondary N) is 1. The molecule has 0 bridgehead atoms. The van der Waals surface area contributed by atoms with Crippen LogP contribution in [-0.4, -0.2) is 11.0 Å². The van der Waals surface area contributed by atoms with Gasteiger partial charge in [0.15, 0.2) is 0 Å². The van der Waals surface area contributed by atoms with Gasteiger partial charge in [0.1, 0.15) is 11.6 Å². The largest absolute Gasteiger partial charge is 0.507 e. The quantitative estimate of drug-likeness (QED) is 0.740. The van der Waals surface area contributed by atoms with Crippen molar-refractivity contribution < 1.29 is 14.3 Å². The first kappa shape index (κ1) is 13.2. The zero-order valence-corrected chi connectivity index (χ0v) is 10.4. The molecule has 0 aliphatic rings. The number of nitrogen functional groups attached to an aromatic ring is 1. The fourth-order valence-electron chi connectivity index (χ4n) is 1.52. The molecule has 0 spiro atoms. The number of anilines is 2. The van der Waals surface area contributed by atoms with Crippen LogP contribution in [0.4, 0.5) is 15.8 Å². The number of hydrogen-bond donors (Lipinski definition) is 3. The van der Waals surface area contributed by atoms with Crippen molar-refractivity contribution in [3.63, 3.8) is 0 Å². The summed E-state index contributed by atoms with van der Waals surface area (Å²) >= 11 is 5.79. The molecule has 4 N–H and O–H groups in total. The molecule has 0 aromatic heterocycles. The summed E-state index contributed by atoms with van der Waals surface area (Å²) in [6, 6.07) is 7.66. The molecule has 0 saturated heterocycles. The molecule has 2 rings (SSSR count). The number of phenolic OH excluding ortho intramolecular Hbond substituents is 1. The van der Waals surface area contributed by atoms with Crippen LogP contribution in [0.2, 0.25) is 5.02 Å². The van der Waals surface area contributed by atoms with E-state index in [-0.39, 0.29) is 11.3 Å². The summed E-state index contributed by atoms with van der Waals surface area (Å²) < 4.78 is 13.1. The standard InChI is InChI=1S/C13H10ClFN2O2/c14-7-1-3-10(16)11(5-7)17-13(19)9-6-8(15)2-4-12(9)18/h1-6,18H,16H2,(H,17,19). The number of carbonyl (C=O) groups excluding carboxylic acids is 1. The first-order valence-corrected chi connectivity index (χ1v) is 5.70. The normalized spacial score (nSPS) is 10.2. The van der Waals surface area contributed by atoms with Gasteiger partial charge in [0.25, 0.3) is 5.91 Å². The lowest BCUT2D eigenvalue weighted by atomic mass is 10.1. The molecule has 0 fully saturated rings. The van der Waals surface area contributed by atoms with Gasteiger partial charge in [-0.25, -0.2) is 4.39 Å². The van der Waals surface area contributed by atoms with Crippen molar-refractivity contribution in [2.45, 2.75) is 0 Å². The summed E-state index contributed by atoms with van der Waals surface area (Å²) in [5.74, 6) is -1.62. The molecule has 0 aliphatic carbocycles. The van der Waals surface area contributed by atoms with Crippen LogP contribution in [0.15, 0.2) is 36.4 Å². The van der Waals surface area contributed by atoms with Gasteiger partial charge in [0.2, 0.25) is 0 Å². The van der Waals surface area contributed by atoms with E-state index >= 15 is 0 Å². The van der Waals surface area contributed by atoms with Gasteiger partial charge in [0.05, 0.1) is 16.9 Å². The number of phenols is 1. The summed E-state index contributed by atoms with van der Waals surface area (Å²) in [6.07, 6.45) is 0. The van der Waals surface area contributed by atoms with E-state index in [9.17, 15) is 14.3 Å². The van der Waals surface area contributed by atoms with Crippen molar-refractivity contribution in [2.24, 2.45) is 0 Å². The maximum atomic E-state index is 13.1. The lowest BCUT2D eigenvalue weighted by Gasteiger charge is -2.09. The van der Waals surface area contributed by atoms with Crippen molar-refractivity contribution in [1.82, 2.24) is 0 Å². The summed E-state index contributed by atoms with van der Waals surface area (Å²) in [5, 5.41) is 12.4. The van der Waals surface area contributed by atoms with Gasteiger partial charge in [-0.05, 0) is 36.4 Å². The maximum absolute atomic E-state index is 13.1. The molecule has 19 heavy (non-hydrogen) atoms. The van der Waals surface area contributed by atoms with Crippen LogP contribution in [0.25, 0.3) is 0 Å². The summed E-state index contributed by atoms with van der Waals surface area (Å²) in [6.45, 7) is 0. The Hall–Kier alpha value is -2.27. The number of halogens is 2. The van der Waals surface area contributed by atoms with Crippen LogP contribution in [0.5, 0.6) is 5.75 Å². The second-order valence-corrected chi connectivity index (χ2v) is 4.28. The van der Waals surface area contributed by atoms with E-state index in [0.29, 0.717) is 16.4 Å². The van der Waals surface area contributed by atoms with Crippen LogP contribution in [-0.2, 0) is 0 Å². The van der Waals surface area contributed by atoms with Gasteiger partial charge in [0, 0.05) is 5.02 Å². The summed E-state index contributed by atoms with van der Waals surface area (Å²) in [5.41, 5.74) is 6.10. The van der Waals surface area contributed by atoms with E-state index in [1.54, 1.807) is 6.07 Å². The second kappa shape index (κ2) is 5.16. The number of benzene rings is 2. The molecule has 0 heterocycles. The number of aromatic hydroxyl groups is 1. The smallest absolute Gasteiger partial charge is 0.259 e. The average molecular weight is 281 g/mol. The van der Waals surface area contributed by atoms with E-state index in [1.807, 2.05) is 0 Å². The highest BCUT2D eigenvalue weighted by Gasteiger charge is 2.13. The van der Waals surface area contributed by atoms with Crippen molar-refractivity contribution in [2.75, 3.05) is 11.1 Å². The molecule has 2 aromatic carbocycles. The van der Waals surface area contributed by atoms with E-state index in [1.165, 1.54) is 12.1 Å². The second-order valence-electron chi connectivity index (χ2n) is 3.85. The molecule has 0 atom stereocenters. The number of nitrogens with two attached hydrogens (primary N) is 1. The Kier molecular flexibility index (Phi) is 3.57. The SMILES string of the molecule is Nc1ccc(Cl)cc1NC(=O)c1cc(F)ccc1O. The molecule has 0 aliphatic heterocycles. The molecule has 98 valence electrons. The molecule has 1 amide bonds. The van der Waals surface area contributed by atoms with Gasteiger partial charge in [-0.15, -0.1) is 0 Å². The van der Waals surface area contributed by atoms with Gasteiger partial charge in [-0.1, -0.05) is 11.6 Å². The lowest BCUT2D eigenvalue weighted by molar-refractivity contribution is 0.102. The number of carbonyl (C=O) groups is 1. The third-order valence-corrected chi connectivity index (χ3v) is 2.70. The Balaban J connectivity index is 2.30. The first-order valence-electron chi connectivity index (χ1n) is 5.32. The topological polar surface area (TPSA) is 75.3 Å². The van der Waals surface area contributed by atoms with Crippen LogP contribution in [0.1, 0.15) is 10.4 Å². The van der Waals surface area contributed by atoms with E-state index in [2.05, 4.69) is 5.32 Å². The number of rotatable bonds is 2. The molecule has 4 nitrogen and oxygen atoms in total. The average Bonchev–Trinajstić information content (AvgIpc) is 2.36. The summed E-state index contributed by atoms with van der Waals surface area (Å²) in [7, 11) is 0. The highest BCUT2D eigenvalue weighted by atomic mass is 35.5. The lowest BCUT2D eigenvalue weighted by Crippen LogP contribution is -2.13. The highest BCUT2D eigenvalue weighted by molar-refractivity contribution is 6.31. The van der Waals surface area contributed by atoms with Crippen LogP contribution < -0.4 is 11.1 Å². The Morgan fingerprint density at radius 1 is 1.26 bits per heavy atom. The molecular weight excluding hydrogens is 271 g/mol. The fraction of sp³-hybridized carbons (Fsp3) is 0. The zero-order chi connectivity index (χ0) is 14.0. The van der Waals surface area contributed by atoms with E-state index in [0.717, 1.165) is 18.2 Å². The minimum atomic E-state index is -0.675. The van der Waals surface area contributed by atoms with Crippen LogP contribution in [0, 0.1) is 5.82 Å². The van der Waals surface area contributed by atoms with Crippen molar-refractivity contribution in [3.05, 3.63) is 52.8 Å². The number of hydrogen-bond acceptors (Lipinski definition) is 3.